The van der Waals surface area contributed by atoms with Crippen LogP contribution in [0, 0.1) is 17.3 Å². The molecule has 1 saturated heterocycles. The predicted octanol–water partition coefficient (Wildman–Crippen LogP) is 3.17. The summed E-state index contributed by atoms with van der Waals surface area (Å²) in [4.78, 5) is 12.2. The third kappa shape index (κ3) is 1.63. The Morgan fingerprint density at radius 1 is 1.33 bits per heavy atom. The Kier molecular flexibility index (Phi) is 3.05. The van der Waals surface area contributed by atoms with Crippen LogP contribution in [0.3, 0.4) is 0 Å². The zero-order valence-electron chi connectivity index (χ0n) is 12.5. The molecule has 2 rings (SSSR count). The van der Waals surface area contributed by atoms with Crippen molar-refractivity contribution >= 4 is 5.97 Å². The molecule has 2 aliphatic rings. The standard InChI is InChI=1S/C15H26O3/c1-10(2)15(12(16)17-6)14(18-15)8-7-13(4,5)9-11(14)3/h10-11H,7-9H2,1-6H3. The highest BCUT2D eigenvalue weighted by molar-refractivity contribution is 5.85. The van der Waals surface area contributed by atoms with Gasteiger partial charge in [0.25, 0.3) is 0 Å². The predicted molar refractivity (Wildman–Crippen MR) is 70.2 cm³/mol. The van der Waals surface area contributed by atoms with Gasteiger partial charge in [0.05, 0.1) is 7.11 Å². The summed E-state index contributed by atoms with van der Waals surface area (Å²) in [5.74, 6) is 0.375. The lowest BCUT2D eigenvalue weighted by Gasteiger charge is -2.39. The van der Waals surface area contributed by atoms with Gasteiger partial charge in [0.2, 0.25) is 0 Å². The van der Waals surface area contributed by atoms with Crippen LogP contribution in [0.4, 0.5) is 0 Å². The molecule has 1 aliphatic carbocycles. The van der Waals surface area contributed by atoms with Gasteiger partial charge in [-0.15, -0.1) is 0 Å². The van der Waals surface area contributed by atoms with Crippen molar-refractivity contribution in [2.45, 2.75) is 65.1 Å². The van der Waals surface area contributed by atoms with Crippen LogP contribution in [0.25, 0.3) is 0 Å². The second-order valence-electron chi connectivity index (χ2n) is 7.14. The van der Waals surface area contributed by atoms with Gasteiger partial charge in [-0.05, 0) is 36.5 Å². The van der Waals surface area contributed by atoms with E-state index in [0.29, 0.717) is 11.3 Å². The van der Waals surface area contributed by atoms with Crippen molar-refractivity contribution in [3.05, 3.63) is 0 Å². The summed E-state index contributed by atoms with van der Waals surface area (Å²) >= 11 is 0. The Labute approximate surface area is 110 Å². The number of hydrogen-bond donors (Lipinski definition) is 0. The molecular weight excluding hydrogens is 228 g/mol. The molecule has 0 aromatic heterocycles. The van der Waals surface area contributed by atoms with E-state index in [0.717, 1.165) is 19.3 Å². The molecule has 0 aromatic rings. The molecule has 0 bridgehead atoms. The van der Waals surface area contributed by atoms with E-state index in [-0.39, 0.29) is 17.5 Å². The van der Waals surface area contributed by atoms with E-state index >= 15 is 0 Å². The normalized spacial score (nSPS) is 42.1. The van der Waals surface area contributed by atoms with Crippen molar-refractivity contribution < 1.29 is 14.3 Å². The van der Waals surface area contributed by atoms with Crippen LogP contribution in [0.1, 0.15) is 53.9 Å². The molecule has 0 radical (unpaired) electrons. The first-order valence-corrected chi connectivity index (χ1v) is 7.00. The highest BCUT2D eigenvalue weighted by Gasteiger charge is 2.79. The molecule has 3 heteroatoms. The van der Waals surface area contributed by atoms with E-state index in [9.17, 15) is 4.79 Å². The van der Waals surface area contributed by atoms with Crippen LogP contribution >= 0.6 is 0 Å². The van der Waals surface area contributed by atoms with Gasteiger partial charge in [-0.25, -0.2) is 4.79 Å². The molecule has 1 aliphatic heterocycles. The highest BCUT2D eigenvalue weighted by atomic mass is 16.7. The molecule has 104 valence electrons. The van der Waals surface area contributed by atoms with Crippen LogP contribution in [-0.4, -0.2) is 24.3 Å². The Morgan fingerprint density at radius 3 is 2.39 bits per heavy atom. The Bertz CT molecular complexity index is 361. The fraction of sp³-hybridized carbons (Fsp3) is 0.933. The number of carbonyl (C=O) groups excluding carboxylic acids is 1. The zero-order chi connectivity index (χ0) is 13.8. The Hall–Kier alpha value is -0.570. The average molecular weight is 254 g/mol. The molecule has 2 fully saturated rings. The third-order valence-corrected chi connectivity index (χ3v) is 5.06. The third-order valence-electron chi connectivity index (χ3n) is 5.06. The van der Waals surface area contributed by atoms with Gasteiger partial charge in [-0.3, -0.25) is 0 Å². The second-order valence-corrected chi connectivity index (χ2v) is 7.14. The summed E-state index contributed by atoms with van der Waals surface area (Å²) in [6.45, 7) is 10.9. The van der Waals surface area contributed by atoms with Gasteiger partial charge >= 0.3 is 5.97 Å². The zero-order valence-corrected chi connectivity index (χ0v) is 12.5. The van der Waals surface area contributed by atoms with E-state index in [4.69, 9.17) is 9.47 Å². The first-order chi connectivity index (χ1) is 8.22. The topological polar surface area (TPSA) is 38.8 Å². The minimum atomic E-state index is -0.697. The van der Waals surface area contributed by atoms with E-state index in [1.54, 1.807) is 0 Å². The van der Waals surface area contributed by atoms with Crippen LogP contribution in [-0.2, 0) is 14.3 Å². The molecule has 3 atom stereocenters. The lowest BCUT2D eigenvalue weighted by Crippen LogP contribution is -2.46. The second kappa shape index (κ2) is 3.96. The highest BCUT2D eigenvalue weighted by Crippen LogP contribution is 2.65. The van der Waals surface area contributed by atoms with Crippen molar-refractivity contribution in [1.82, 2.24) is 0 Å². The maximum Gasteiger partial charge on any atom is 0.341 e. The van der Waals surface area contributed by atoms with Gasteiger partial charge in [-0.2, -0.15) is 0 Å². The molecular formula is C15H26O3. The number of carbonyl (C=O) groups is 1. The first kappa shape index (κ1) is 13.9. The Morgan fingerprint density at radius 2 is 1.94 bits per heavy atom. The van der Waals surface area contributed by atoms with E-state index < -0.39 is 5.60 Å². The minimum absolute atomic E-state index is 0.161. The number of epoxide rings is 1. The van der Waals surface area contributed by atoms with E-state index in [1.807, 2.05) is 0 Å². The smallest absolute Gasteiger partial charge is 0.341 e. The van der Waals surface area contributed by atoms with Gasteiger partial charge in [-0.1, -0.05) is 34.6 Å². The van der Waals surface area contributed by atoms with Gasteiger partial charge in [0.1, 0.15) is 5.60 Å². The molecule has 1 heterocycles. The Balaban J connectivity index is 2.28. The molecule has 0 N–H and O–H groups in total. The number of methoxy groups -OCH3 is 1. The molecule has 3 nitrogen and oxygen atoms in total. The van der Waals surface area contributed by atoms with Crippen molar-refractivity contribution in [3.63, 3.8) is 0 Å². The van der Waals surface area contributed by atoms with Crippen molar-refractivity contribution in [3.8, 4) is 0 Å². The monoisotopic (exact) mass is 254 g/mol. The number of esters is 1. The number of rotatable bonds is 2. The number of hydrogen-bond acceptors (Lipinski definition) is 3. The minimum Gasteiger partial charge on any atom is -0.467 e. The average Bonchev–Trinajstić information content (AvgIpc) is 2.95. The summed E-state index contributed by atoms with van der Waals surface area (Å²) in [6.07, 6.45) is 3.19. The van der Waals surface area contributed by atoms with Crippen molar-refractivity contribution in [2.75, 3.05) is 7.11 Å². The van der Waals surface area contributed by atoms with Crippen molar-refractivity contribution in [1.29, 1.82) is 0 Å². The first-order valence-electron chi connectivity index (χ1n) is 7.00. The van der Waals surface area contributed by atoms with Gasteiger partial charge in [0, 0.05) is 0 Å². The fourth-order valence-corrected chi connectivity index (χ4v) is 4.04. The molecule has 1 spiro atoms. The fourth-order valence-electron chi connectivity index (χ4n) is 4.04. The van der Waals surface area contributed by atoms with E-state index in [2.05, 4.69) is 34.6 Å². The maximum atomic E-state index is 12.2. The number of ether oxygens (including phenoxy) is 2. The summed E-state index contributed by atoms with van der Waals surface area (Å²) in [6, 6.07) is 0. The van der Waals surface area contributed by atoms with Crippen LogP contribution in [0.5, 0.6) is 0 Å². The van der Waals surface area contributed by atoms with Gasteiger partial charge < -0.3 is 9.47 Å². The molecule has 18 heavy (non-hydrogen) atoms. The summed E-state index contributed by atoms with van der Waals surface area (Å²) < 4.78 is 11.1. The van der Waals surface area contributed by atoms with Crippen LogP contribution < -0.4 is 0 Å². The summed E-state index contributed by atoms with van der Waals surface area (Å²) in [7, 11) is 1.46. The van der Waals surface area contributed by atoms with Crippen molar-refractivity contribution in [2.24, 2.45) is 17.3 Å². The maximum absolute atomic E-state index is 12.2. The lowest BCUT2D eigenvalue weighted by atomic mass is 9.62. The summed E-state index contributed by atoms with van der Waals surface area (Å²) in [5, 5.41) is 0. The van der Waals surface area contributed by atoms with Crippen LogP contribution in [0.2, 0.25) is 0 Å². The molecule has 0 aromatic carbocycles. The SMILES string of the molecule is COC(=O)C1(C(C)C)OC12CCC(C)(C)CC2C. The van der Waals surface area contributed by atoms with E-state index in [1.165, 1.54) is 7.11 Å². The summed E-state index contributed by atoms with van der Waals surface area (Å²) in [5.41, 5.74) is -0.614. The molecule has 3 unspecified atom stereocenters. The molecule has 0 amide bonds. The van der Waals surface area contributed by atoms with Gasteiger partial charge in [0.15, 0.2) is 5.60 Å². The molecule has 1 saturated carbocycles. The largest absolute Gasteiger partial charge is 0.467 e. The lowest BCUT2D eigenvalue weighted by molar-refractivity contribution is -0.149. The van der Waals surface area contributed by atoms with Crippen LogP contribution in [0.15, 0.2) is 0 Å². The quantitative estimate of drug-likeness (QED) is 0.561.